The number of Topliss-reactive ketones (excluding diaryl/α,β-unsaturated/α-hetero) is 1. The van der Waals surface area contributed by atoms with Gasteiger partial charge in [-0.2, -0.15) is 0 Å². The number of likely N-dealkylation sites (N-methyl/N-ethyl adjacent to an activating group) is 1. The van der Waals surface area contributed by atoms with Crippen molar-refractivity contribution in [2.24, 2.45) is 23.7 Å². The third-order valence-corrected chi connectivity index (χ3v) is 17.1. The number of methoxy groups -OCH3 is 2. The molecular weight excluding hydrogens is 1040 g/mol. The van der Waals surface area contributed by atoms with Crippen LogP contribution in [0.25, 0.3) is 10.9 Å². The van der Waals surface area contributed by atoms with Crippen molar-refractivity contribution in [2.45, 2.75) is 204 Å². The number of cyclic esters (lactones) is 1. The molecule has 21 nitrogen and oxygen atoms in total. The molecule has 0 spiro atoms. The van der Waals surface area contributed by atoms with Gasteiger partial charge < -0.3 is 77.8 Å². The zero-order chi connectivity index (χ0) is 57.9. The number of fused-ring (bicyclic) bond motifs is 1. The van der Waals surface area contributed by atoms with Gasteiger partial charge in [-0.15, -0.1) is 0 Å². The van der Waals surface area contributed by atoms with E-state index in [9.17, 15) is 44.4 Å². The summed E-state index contributed by atoms with van der Waals surface area (Å²) < 4.78 is 58.7. The molecule has 1 aliphatic carbocycles. The Morgan fingerprint density at radius 2 is 1.56 bits per heavy atom. The maximum atomic E-state index is 14.6. The van der Waals surface area contributed by atoms with Gasteiger partial charge in [0.25, 0.3) is 0 Å². The predicted octanol–water partition coefficient (Wildman–Crippen LogP) is 5.51. The zero-order valence-electron chi connectivity index (χ0n) is 47.8. The minimum absolute atomic E-state index is 0.00375. The van der Waals surface area contributed by atoms with E-state index >= 15 is 0 Å². The SMILES string of the molecule is CC[C@H]1OC(=O)[C@H](C)[C@@H](O[C@H]2C[C@@](C)(OC)[C@@H](OC(=O)CCOCCNc3cc4c(=O)c(C(=O)O)cn(C5CC5)c4cc3Cl)[C@H](C)O2)[C@H](C)[C@@H](O[C@@H]2O[C@H](C)C[C@H](N(C)C)[C@H]2O)[C@](C)(OC)C[C@@H](C)C(=O)[C@H](C)[C@@H](O)[C@]1(C)O. The summed E-state index contributed by atoms with van der Waals surface area (Å²) in [6.07, 6.45) is -6.87. The van der Waals surface area contributed by atoms with Crippen molar-refractivity contribution in [1.29, 1.82) is 0 Å². The Morgan fingerprint density at radius 1 is 0.910 bits per heavy atom. The Hall–Kier alpha value is -3.84. The van der Waals surface area contributed by atoms with Gasteiger partial charge in [0.05, 0.1) is 77.9 Å². The number of aromatic nitrogens is 1. The van der Waals surface area contributed by atoms with Crippen LogP contribution in [-0.2, 0) is 57.0 Å². The van der Waals surface area contributed by atoms with Crippen LogP contribution in [-0.4, -0.2) is 186 Å². The van der Waals surface area contributed by atoms with Crippen LogP contribution < -0.4 is 10.7 Å². The minimum Gasteiger partial charge on any atom is -0.477 e. The maximum absolute atomic E-state index is 14.6. The fraction of sp³-hybridized carbons (Fsp3) is 0.768. The first-order valence-corrected chi connectivity index (χ1v) is 27.8. The minimum atomic E-state index is -2.04. The number of aromatic carboxylic acids is 1. The van der Waals surface area contributed by atoms with E-state index < -0.39 is 119 Å². The number of carbonyl (C=O) groups is 4. The second-order valence-electron chi connectivity index (χ2n) is 23.1. The van der Waals surface area contributed by atoms with Gasteiger partial charge in [0.2, 0.25) is 5.43 Å². The third-order valence-electron chi connectivity index (χ3n) is 16.8. The Balaban J connectivity index is 1.19. The number of ether oxygens (including phenoxy) is 9. The Morgan fingerprint density at radius 3 is 2.17 bits per heavy atom. The van der Waals surface area contributed by atoms with Crippen LogP contribution in [0, 0.1) is 23.7 Å². The summed E-state index contributed by atoms with van der Waals surface area (Å²) in [4.78, 5) is 69.2. The monoisotopic (exact) mass is 1120 g/mol. The number of carboxylic acid groups (broad SMARTS) is 1. The number of aliphatic hydroxyl groups excluding tert-OH is 2. The van der Waals surface area contributed by atoms with Gasteiger partial charge in [-0.3, -0.25) is 19.2 Å². The molecular formula is C56H86ClN3O18. The van der Waals surface area contributed by atoms with Gasteiger partial charge >= 0.3 is 17.9 Å². The second-order valence-corrected chi connectivity index (χ2v) is 23.5. The first kappa shape index (κ1) is 63.3. The van der Waals surface area contributed by atoms with E-state index in [2.05, 4.69) is 5.32 Å². The smallest absolute Gasteiger partial charge is 0.341 e. The Labute approximate surface area is 462 Å². The quantitative estimate of drug-likeness (QED) is 0.0909. The van der Waals surface area contributed by atoms with Crippen LogP contribution in [0.4, 0.5) is 5.69 Å². The molecule has 4 fully saturated rings. The fourth-order valence-corrected chi connectivity index (χ4v) is 12.0. The molecule has 5 N–H and O–H groups in total. The number of hydrogen-bond acceptors (Lipinski definition) is 19. The fourth-order valence-electron chi connectivity index (χ4n) is 11.8. The average Bonchev–Trinajstić information content (AvgIpc) is 4.29. The van der Waals surface area contributed by atoms with E-state index in [-0.39, 0.29) is 80.4 Å². The van der Waals surface area contributed by atoms with Gasteiger partial charge in [-0.25, -0.2) is 4.79 Å². The molecule has 78 heavy (non-hydrogen) atoms. The van der Waals surface area contributed by atoms with Crippen molar-refractivity contribution in [1.82, 2.24) is 9.47 Å². The number of benzene rings is 1. The van der Waals surface area contributed by atoms with Gasteiger partial charge in [0.15, 0.2) is 18.7 Å². The van der Waals surface area contributed by atoms with Gasteiger partial charge in [0, 0.05) is 68.6 Å². The number of anilines is 1. The molecule has 0 bridgehead atoms. The van der Waals surface area contributed by atoms with E-state index in [0.717, 1.165) is 12.8 Å². The van der Waals surface area contributed by atoms with Gasteiger partial charge in [0.1, 0.15) is 34.8 Å². The number of nitrogens with one attached hydrogen (secondary N) is 1. The van der Waals surface area contributed by atoms with E-state index in [0.29, 0.717) is 22.6 Å². The number of hydrogen-bond donors (Lipinski definition) is 5. The number of carbonyl (C=O) groups excluding carboxylic acids is 3. The van der Waals surface area contributed by atoms with Crippen LogP contribution in [0.2, 0.25) is 5.02 Å². The highest BCUT2D eigenvalue weighted by atomic mass is 35.5. The molecule has 0 radical (unpaired) electrons. The standard InChI is InChI=1S/C56H86ClN3O18/c1-15-41-56(10,69)48(65)30(4)44(62)28(2)25-54(8,70-13)49(78-53-46(64)40(59(11)12)22-29(3)73-53)31(5)47(32(6)52(68)75-41)77-43-26-55(9,71-14)50(33(7)74-43)76-42(61)18-20-72-21-19-58-38-23-35-39(24-37(38)57)60(34-16-17-34)27-36(45(35)63)51(66)67/h23-24,27-34,40-41,43,46-50,53,58,64-65,69H,15-22,25-26H2,1-14H3,(H,66,67)/t28-,29-,30+,31+,32-,33+,40+,41-,43+,46-,47+,48-,49-,50+,53+,54-,55-,56-/m1/s1. The summed E-state index contributed by atoms with van der Waals surface area (Å²) in [5.74, 6) is -6.81. The molecule has 18 atom stereocenters. The van der Waals surface area contributed by atoms with Crippen molar-refractivity contribution >= 4 is 51.9 Å². The number of esters is 2. The predicted molar refractivity (Wildman–Crippen MR) is 287 cm³/mol. The number of halogens is 1. The molecule has 6 rings (SSSR count). The highest BCUT2D eigenvalue weighted by Crippen LogP contribution is 2.43. The Kier molecular flexibility index (Phi) is 21.1. The lowest BCUT2D eigenvalue weighted by atomic mass is 9.74. The molecule has 3 saturated heterocycles. The second kappa shape index (κ2) is 26.0. The molecule has 4 heterocycles. The molecule has 0 unspecified atom stereocenters. The average molecular weight is 1120 g/mol. The molecule has 22 heteroatoms. The highest BCUT2D eigenvalue weighted by Gasteiger charge is 2.55. The summed E-state index contributed by atoms with van der Waals surface area (Å²) in [6, 6.07) is 2.95. The molecule has 4 aliphatic rings. The van der Waals surface area contributed by atoms with Gasteiger partial charge in [-0.05, 0) is 99.9 Å². The summed E-state index contributed by atoms with van der Waals surface area (Å²) in [5, 5.41) is 48.7. The van der Waals surface area contributed by atoms with Crippen LogP contribution in [0.1, 0.15) is 131 Å². The lowest BCUT2D eigenvalue weighted by Crippen LogP contribution is -2.61. The number of rotatable bonds is 18. The van der Waals surface area contributed by atoms with Crippen molar-refractivity contribution in [2.75, 3.05) is 53.4 Å². The topological polar surface area (TPSA) is 270 Å². The summed E-state index contributed by atoms with van der Waals surface area (Å²) in [6.45, 7) is 17.2. The third kappa shape index (κ3) is 13.9. The molecule has 0 amide bonds. The van der Waals surface area contributed by atoms with Crippen molar-refractivity contribution in [3.63, 3.8) is 0 Å². The Bertz CT molecular complexity index is 2490. The summed E-state index contributed by atoms with van der Waals surface area (Å²) >= 11 is 6.62. The van der Waals surface area contributed by atoms with Crippen molar-refractivity contribution < 1.29 is 82.2 Å². The first-order valence-electron chi connectivity index (χ1n) is 27.4. The number of carboxylic acids is 1. The van der Waals surface area contributed by atoms with E-state index in [1.807, 2.05) is 32.8 Å². The number of nitrogens with zero attached hydrogens (tertiary/aromatic N) is 2. The molecule has 1 aromatic heterocycles. The van der Waals surface area contributed by atoms with E-state index in [1.54, 1.807) is 58.2 Å². The van der Waals surface area contributed by atoms with Gasteiger partial charge in [-0.1, -0.05) is 39.3 Å². The number of pyridine rings is 1. The highest BCUT2D eigenvalue weighted by molar-refractivity contribution is 6.34. The van der Waals surface area contributed by atoms with Crippen molar-refractivity contribution in [3.05, 3.63) is 39.1 Å². The molecule has 1 saturated carbocycles. The van der Waals surface area contributed by atoms with Crippen LogP contribution in [0.3, 0.4) is 0 Å². The van der Waals surface area contributed by atoms with Crippen molar-refractivity contribution in [3.8, 4) is 0 Å². The maximum Gasteiger partial charge on any atom is 0.341 e. The summed E-state index contributed by atoms with van der Waals surface area (Å²) in [5.41, 5.74) is -4.53. The van der Waals surface area contributed by atoms with E-state index in [4.69, 9.17) is 54.2 Å². The molecule has 3 aliphatic heterocycles. The van der Waals surface area contributed by atoms with Crippen LogP contribution in [0.5, 0.6) is 0 Å². The largest absolute Gasteiger partial charge is 0.477 e. The van der Waals surface area contributed by atoms with Crippen LogP contribution in [0.15, 0.2) is 23.1 Å². The summed E-state index contributed by atoms with van der Waals surface area (Å²) in [7, 11) is 6.68. The first-order chi connectivity index (χ1) is 36.5. The number of ketones is 1. The number of aliphatic hydroxyl groups is 3. The van der Waals surface area contributed by atoms with E-state index in [1.165, 1.54) is 34.3 Å². The zero-order valence-corrected chi connectivity index (χ0v) is 48.6. The van der Waals surface area contributed by atoms with Crippen LogP contribution >= 0.6 is 11.6 Å². The molecule has 2 aromatic rings. The lowest BCUT2D eigenvalue weighted by Gasteiger charge is -2.50. The molecule has 440 valence electrons. The normalized spacial score (nSPS) is 37.4. The molecule has 1 aromatic carbocycles. The lowest BCUT2D eigenvalue weighted by molar-refractivity contribution is -0.320.